The standard InChI is InChI=1S/C30H24ClN3O3S/c1-17-4-11-24-27(14-17)37-29(32-24)21-8-6-19(3)25(16-21)33-30(38)34-28(35)13-10-22-9-12-26(36-22)20-7-5-18(2)23(31)15-20/h4-16H,1-3H3,(H2,33,34,35,38)/b13-10+. The lowest BCUT2D eigenvalue weighted by Gasteiger charge is -2.11. The molecule has 0 aliphatic rings. The molecule has 2 N–H and O–H groups in total. The average molecular weight is 542 g/mol. The highest BCUT2D eigenvalue weighted by molar-refractivity contribution is 7.80. The van der Waals surface area contributed by atoms with Crippen LogP contribution >= 0.6 is 23.8 Å². The van der Waals surface area contributed by atoms with E-state index in [0.29, 0.717) is 22.4 Å². The Bertz CT molecular complexity index is 1720. The molecule has 1 amide bonds. The van der Waals surface area contributed by atoms with Crippen molar-refractivity contribution in [2.45, 2.75) is 20.8 Å². The second kappa shape index (κ2) is 10.7. The number of fused-ring (bicyclic) bond motifs is 1. The van der Waals surface area contributed by atoms with Crippen molar-refractivity contribution < 1.29 is 13.6 Å². The smallest absolute Gasteiger partial charge is 0.250 e. The molecule has 0 radical (unpaired) electrons. The fourth-order valence-corrected chi connectivity index (χ4v) is 4.24. The van der Waals surface area contributed by atoms with E-state index in [0.717, 1.165) is 44.6 Å². The Morgan fingerprint density at radius 3 is 2.53 bits per heavy atom. The van der Waals surface area contributed by atoms with Gasteiger partial charge in [0.2, 0.25) is 11.8 Å². The van der Waals surface area contributed by atoms with E-state index >= 15 is 0 Å². The van der Waals surface area contributed by atoms with Gasteiger partial charge in [0.15, 0.2) is 10.7 Å². The number of oxazole rings is 1. The molecule has 5 aromatic rings. The maximum atomic E-state index is 12.5. The minimum atomic E-state index is -0.387. The number of rotatable bonds is 5. The lowest BCUT2D eigenvalue weighted by atomic mass is 10.1. The molecule has 0 aliphatic carbocycles. The van der Waals surface area contributed by atoms with Crippen LogP contribution in [-0.2, 0) is 4.79 Å². The third kappa shape index (κ3) is 5.69. The van der Waals surface area contributed by atoms with Crippen molar-refractivity contribution in [3.63, 3.8) is 0 Å². The number of thiocarbonyl (C=S) groups is 1. The first-order chi connectivity index (χ1) is 18.2. The van der Waals surface area contributed by atoms with Crippen LogP contribution in [0.2, 0.25) is 5.02 Å². The third-order valence-corrected chi connectivity index (χ3v) is 6.61. The van der Waals surface area contributed by atoms with E-state index in [2.05, 4.69) is 15.6 Å². The molecular weight excluding hydrogens is 518 g/mol. The minimum absolute atomic E-state index is 0.169. The molecule has 190 valence electrons. The molecule has 8 heteroatoms. The summed E-state index contributed by atoms with van der Waals surface area (Å²) < 4.78 is 11.8. The molecule has 0 atom stereocenters. The van der Waals surface area contributed by atoms with Crippen LogP contribution in [0.25, 0.3) is 40.0 Å². The van der Waals surface area contributed by atoms with Gasteiger partial charge in [-0.2, -0.15) is 0 Å². The van der Waals surface area contributed by atoms with Crippen molar-refractivity contribution in [1.82, 2.24) is 10.3 Å². The molecule has 0 bridgehead atoms. The molecule has 2 heterocycles. The summed E-state index contributed by atoms with van der Waals surface area (Å²) in [6.07, 6.45) is 2.94. The molecule has 3 aromatic carbocycles. The zero-order chi connectivity index (χ0) is 26.8. The second-order valence-corrected chi connectivity index (χ2v) is 9.78. The van der Waals surface area contributed by atoms with Gasteiger partial charge in [-0.3, -0.25) is 10.1 Å². The summed E-state index contributed by atoms with van der Waals surface area (Å²) in [5.74, 6) is 1.32. The van der Waals surface area contributed by atoms with Gasteiger partial charge in [-0.25, -0.2) is 4.98 Å². The highest BCUT2D eigenvalue weighted by Gasteiger charge is 2.12. The Hall–Kier alpha value is -4.20. The normalized spacial score (nSPS) is 11.3. The van der Waals surface area contributed by atoms with Gasteiger partial charge in [0.05, 0.1) is 0 Å². The number of furan rings is 1. The summed E-state index contributed by atoms with van der Waals surface area (Å²) >= 11 is 11.6. The number of carbonyl (C=O) groups is 1. The van der Waals surface area contributed by atoms with E-state index in [-0.39, 0.29) is 11.0 Å². The fraction of sp³-hybridized carbons (Fsp3) is 0.100. The van der Waals surface area contributed by atoms with Crippen molar-refractivity contribution in [1.29, 1.82) is 0 Å². The number of hydrogen-bond donors (Lipinski definition) is 2. The van der Waals surface area contributed by atoms with Crippen molar-refractivity contribution in [3.8, 4) is 22.8 Å². The molecule has 0 saturated carbocycles. The molecule has 0 aliphatic heterocycles. The molecule has 2 aromatic heterocycles. The van der Waals surface area contributed by atoms with Crippen LogP contribution < -0.4 is 10.6 Å². The second-order valence-electron chi connectivity index (χ2n) is 8.96. The average Bonchev–Trinajstić information content (AvgIpc) is 3.53. The number of halogens is 1. The molecular formula is C30H24ClN3O3S. The van der Waals surface area contributed by atoms with Crippen molar-refractivity contribution in [2.75, 3.05) is 5.32 Å². The Labute approximate surface area is 230 Å². The van der Waals surface area contributed by atoms with Gasteiger partial charge in [0.25, 0.3) is 0 Å². The van der Waals surface area contributed by atoms with Crippen molar-refractivity contribution >= 4 is 57.7 Å². The van der Waals surface area contributed by atoms with E-state index in [1.807, 2.05) is 81.4 Å². The van der Waals surface area contributed by atoms with Crippen LogP contribution in [0.1, 0.15) is 22.5 Å². The van der Waals surface area contributed by atoms with Gasteiger partial charge >= 0.3 is 0 Å². The van der Waals surface area contributed by atoms with E-state index in [1.165, 1.54) is 6.08 Å². The number of hydrogen-bond acceptors (Lipinski definition) is 5. The maximum Gasteiger partial charge on any atom is 0.250 e. The fourth-order valence-electron chi connectivity index (χ4n) is 3.85. The maximum absolute atomic E-state index is 12.5. The van der Waals surface area contributed by atoms with Crippen molar-refractivity contribution in [2.24, 2.45) is 0 Å². The largest absolute Gasteiger partial charge is 0.457 e. The monoisotopic (exact) mass is 541 g/mol. The van der Waals surface area contributed by atoms with Gasteiger partial charge in [-0.1, -0.05) is 35.9 Å². The first-order valence-corrected chi connectivity index (χ1v) is 12.7. The first-order valence-electron chi connectivity index (χ1n) is 11.9. The zero-order valence-corrected chi connectivity index (χ0v) is 22.5. The molecule has 5 rings (SSSR count). The third-order valence-electron chi connectivity index (χ3n) is 6.00. The minimum Gasteiger partial charge on any atom is -0.457 e. The summed E-state index contributed by atoms with van der Waals surface area (Å²) in [6.45, 7) is 5.90. The summed E-state index contributed by atoms with van der Waals surface area (Å²) in [4.78, 5) is 17.0. The number of anilines is 1. The molecule has 0 fully saturated rings. The number of nitrogens with one attached hydrogen (secondary N) is 2. The van der Waals surface area contributed by atoms with Gasteiger partial charge < -0.3 is 14.2 Å². The number of benzene rings is 3. The van der Waals surface area contributed by atoms with Crippen LogP contribution in [0.15, 0.2) is 81.6 Å². The van der Waals surface area contributed by atoms with Gasteiger partial charge in [-0.05, 0) is 98.2 Å². The quantitative estimate of drug-likeness (QED) is 0.174. The number of aromatic nitrogens is 1. The number of nitrogens with zero attached hydrogens (tertiary/aromatic N) is 1. The predicted octanol–water partition coefficient (Wildman–Crippen LogP) is 7.86. The summed E-state index contributed by atoms with van der Waals surface area (Å²) in [5.41, 5.74) is 6.97. The van der Waals surface area contributed by atoms with Crippen molar-refractivity contribution in [3.05, 3.63) is 100 Å². The van der Waals surface area contributed by atoms with Crippen LogP contribution in [0.4, 0.5) is 5.69 Å². The lowest BCUT2D eigenvalue weighted by molar-refractivity contribution is -0.115. The lowest BCUT2D eigenvalue weighted by Crippen LogP contribution is -2.33. The van der Waals surface area contributed by atoms with E-state index < -0.39 is 0 Å². The number of aryl methyl sites for hydroxylation is 3. The van der Waals surface area contributed by atoms with Gasteiger partial charge in [-0.15, -0.1) is 0 Å². The van der Waals surface area contributed by atoms with E-state index in [9.17, 15) is 4.79 Å². The Morgan fingerprint density at radius 2 is 1.71 bits per heavy atom. The van der Waals surface area contributed by atoms with E-state index in [4.69, 9.17) is 32.7 Å². The van der Waals surface area contributed by atoms with Crippen LogP contribution in [0.3, 0.4) is 0 Å². The van der Waals surface area contributed by atoms with Crippen LogP contribution in [-0.4, -0.2) is 16.0 Å². The molecule has 0 saturated heterocycles. The predicted molar refractivity (Wildman–Crippen MR) is 156 cm³/mol. The summed E-state index contributed by atoms with van der Waals surface area (Å²) in [5, 5.41) is 6.59. The zero-order valence-electron chi connectivity index (χ0n) is 21.0. The SMILES string of the molecule is Cc1ccc2nc(-c3ccc(C)c(NC(=S)NC(=O)/C=C/c4ccc(-c5ccc(C)c(Cl)c5)o4)c3)oc2c1. The highest BCUT2D eigenvalue weighted by atomic mass is 35.5. The Balaban J connectivity index is 1.23. The van der Waals surface area contributed by atoms with Crippen LogP contribution in [0, 0.1) is 20.8 Å². The Kier molecular flexibility index (Phi) is 7.13. The highest BCUT2D eigenvalue weighted by Crippen LogP contribution is 2.29. The summed E-state index contributed by atoms with van der Waals surface area (Å²) in [6, 6.07) is 21.0. The molecule has 6 nitrogen and oxygen atoms in total. The number of carbonyl (C=O) groups excluding carboxylic acids is 1. The molecule has 0 unspecified atom stereocenters. The van der Waals surface area contributed by atoms with Gasteiger partial charge in [0.1, 0.15) is 17.0 Å². The van der Waals surface area contributed by atoms with Gasteiger partial charge in [0, 0.05) is 27.9 Å². The van der Waals surface area contributed by atoms with E-state index in [1.54, 1.807) is 12.1 Å². The molecule has 38 heavy (non-hydrogen) atoms. The topological polar surface area (TPSA) is 80.3 Å². The van der Waals surface area contributed by atoms with Crippen LogP contribution in [0.5, 0.6) is 0 Å². The number of amides is 1. The summed E-state index contributed by atoms with van der Waals surface area (Å²) in [7, 11) is 0. The first kappa shape index (κ1) is 25.4. The molecule has 0 spiro atoms. The Morgan fingerprint density at radius 1 is 0.921 bits per heavy atom.